The zero-order chi connectivity index (χ0) is 16.7. The number of carbonyl (C=O) groups is 1. The van der Waals surface area contributed by atoms with Crippen LogP contribution in [-0.4, -0.2) is 23.2 Å². The second-order valence-electron chi connectivity index (χ2n) is 5.43. The number of alkyl halides is 2. The van der Waals surface area contributed by atoms with E-state index in [0.29, 0.717) is 6.07 Å². The van der Waals surface area contributed by atoms with Crippen LogP contribution in [0.25, 0.3) is 0 Å². The van der Waals surface area contributed by atoms with E-state index in [-0.39, 0.29) is 6.42 Å². The van der Waals surface area contributed by atoms with E-state index in [0.717, 1.165) is 6.07 Å². The monoisotopic (exact) mass is 320 g/mol. The lowest BCUT2D eigenvalue weighted by Crippen LogP contribution is -2.58. The number of nitrogens with zero attached hydrogens (tertiary/aromatic N) is 1. The molecule has 9 heteroatoms. The summed E-state index contributed by atoms with van der Waals surface area (Å²) >= 11 is 0. The van der Waals surface area contributed by atoms with Crippen molar-refractivity contribution in [2.24, 2.45) is 0 Å². The number of nitrogens with one attached hydrogen (secondary N) is 1. The van der Waals surface area contributed by atoms with Crippen LogP contribution in [0.2, 0.25) is 0 Å². The lowest BCUT2D eigenvalue weighted by molar-refractivity contribution is -0.385. The number of carbonyl (C=O) groups excluding carboxylic acids is 1. The molecule has 1 aliphatic heterocycles. The summed E-state index contributed by atoms with van der Waals surface area (Å²) < 4.78 is 54.0. The fourth-order valence-corrected chi connectivity index (χ4v) is 2.40. The minimum absolute atomic E-state index is 0.239. The topological polar surface area (TPSA) is 72.2 Å². The van der Waals surface area contributed by atoms with Crippen LogP contribution in [0, 0.1) is 21.7 Å². The van der Waals surface area contributed by atoms with Gasteiger partial charge in [0.25, 0.3) is 11.6 Å². The first-order valence-corrected chi connectivity index (χ1v) is 6.34. The Labute approximate surface area is 122 Å². The minimum atomic E-state index is -2.73. The Morgan fingerprint density at radius 2 is 2.00 bits per heavy atom. The van der Waals surface area contributed by atoms with Crippen molar-refractivity contribution in [2.45, 2.75) is 31.0 Å². The van der Waals surface area contributed by atoms with Gasteiger partial charge in [0.15, 0.2) is 11.6 Å². The predicted octanol–water partition coefficient (Wildman–Crippen LogP) is 2.68. The summed E-state index contributed by atoms with van der Waals surface area (Å²) in [7, 11) is 0. The lowest BCUT2D eigenvalue weighted by atomic mass is 9.79. The number of hydrogen-bond acceptors (Lipinski definition) is 3. The van der Waals surface area contributed by atoms with Gasteiger partial charge in [-0.2, -0.15) is 0 Å². The SMILES string of the molecule is CC1(c2cc([N+](=O)[O-])cc(F)c2F)CCC(F)(CF)C(=O)N1. The summed E-state index contributed by atoms with van der Waals surface area (Å²) in [4.78, 5) is 21.5. The molecule has 5 nitrogen and oxygen atoms in total. The van der Waals surface area contributed by atoms with Gasteiger partial charge < -0.3 is 5.32 Å². The Bertz CT molecular complexity index is 654. The predicted molar refractivity (Wildman–Crippen MR) is 67.6 cm³/mol. The Balaban J connectivity index is 2.48. The summed E-state index contributed by atoms with van der Waals surface area (Å²) in [5, 5.41) is 12.8. The molecular weight excluding hydrogens is 308 g/mol. The number of nitro benzene ring substituents is 1. The van der Waals surface area contributed by atoms with Crippen LogP contribution in [0.5, 0.6) is 0 Å². The number of amides is 1. The molecule has 2 unspecified atom stereocenters. The van der Waals surface area contributed by atoms with Gasteiger partial charge in [-0.25, -0.2) is 17.6 Å². The van der Waals surface area contributed by atoms with Crippen LogP contribution in [0.15, 0.2) is 12.1 Å². The second kappa shape index (κ2) is 5.22. The smallest absolute Gasteiger partial charge is 0.272 e. The third kappa shape index (κ3) is 2.51. The van der Waals surface area contributed by atoms with Crippen molar-refractivity contribution in [1.82, 2.24) is 5.32 Å². The molecule has 1 aliphatic rings. The molecule has 0 aliphatic carbocycles. The van der Waals surface area contributed by atoms with E-state index in [1.165, 1.54) is 6.92 Å². The molecule has 1 fully saturated rings. The van der Waals surface area contributed by atoms with Crippen LogP contribution in [0.1, 0.15) is 25.3 Å². The van der Waals surface area contributed by atoms with Crippen molar-refractivity contribution in [1.29, 1.82) is 0 Å². The summed E-state index contributed by atoms with van der Waals surface area (Å²) in [5.74, 6) is -4.13. The molecule has 120 valence electrons. The molecule has 1 heterocycles. The van der Waals surface area contributed by atoms with Gasteiger partial charge in [0, 0.05) is 11.6 Å². The highest BCUT2D eigenvalue weighted by Gasteiger charge is 2.49. The molecule has 0 spiro atoms. The molecule has 1 amide bonds. The number of nitro groups is 1. The van der Waals surface area contributed by atoms with E-state index in [9.17, 15) is 32.5 Å². The number of halogens is 4. The molecule has 2 rings (SSSR count). The first kappa shape index (κ1) is 16.2. The highest BCUT2D eigenvalue weighted by molar-refractivity contribution is 5.87. The van der Waals surface area contributed by atoms with Gasteiger partial charge in [0.1, 0.15) is 6.67 Å². The molecular formula is C13H12F4N2O3. The number of benzene rings is 1. The minimum Gasteiger partial charge on any atom is -0.344 e. The molecule has 1 N–H and O–H groups in total. The average Bonchev–Trinajstić information content (AvgIpc) is 2.46. The number of hydrogen-bond donors (Lipinski definition) is 1. The van der Waals surface area contributed by atoms with Crippen LogP contribution in [0.4, 0.5) is 23.2 Å². The van der Waals surface area contributed by atoms with E-state index >= 15 is 0 Å². The molecule has 1 aromatic carbocycles. The van der Waals surface area contributed by atoms with E-state index in [1.807, 2.05) is 0 Å². The Morgan fingerprint density at radius 3 is 2.50 bits per heavy atom. The van der Waals surface area contributed by atoms with Gasteiger partial charge in [0.2, 0.25) is 5.67 Å². The van der Waals surface area contributed by atoms with Gasteiger partial charge in [-0.1, -0.05) is 0 Å². The molecule has 22 heavy (non-hydrogen) atoms. The van der Waals surface area contributed by atoms with Crippen molar-refractivity contribution in [3.05, 3.63) is 39.4 Å². The molecule has 1 aromatic rings. The zero-order valence-corrected chi connectivity index (χ0v) is 11.5. The van der Waals surface area contributed by atoms with Crippen LogP contribution < -0.4 is 5.32 Å². The molecule has 0 aromatic heterocycles. The fraction of sp³-hybridized carbons (Fsp3) is 0.462. The third-order valence-corrected chi connectivity index (χ3v) is 3.85. The van der Waals surface area contributed by atoms with Gasteiger partial charge in [0.05, 0.1) is 16.5 Å². The van der Waals surface area contributed by atoms with Crippen molar-refractivity contribution in [3.63, 3.8) is 0 Å². The quantitative estimate of drug-likeness (QED) is 0.529. The normalized spacial score (nSPS) is 28.3. The highest BCUT2D eigenvalue weighted by Crippen LogP contribution is 2.39. The van der Waals surface area contributed by atoms with E-state index < -0.39 is 58.0 Å². The molecule has 0 saturated carbocycles. The molecule has 1 saturated heterocycles. The van der Waals surface area contributed by atoms with Crippen LogP contribution in [-0.2, 0) is 10.3 Å². The molecule has 0 bridgehead atoms. The van der Waals surface area contributed by atoms with E-state index in [4.69, 9.17) is 0 Å². The zero-order valence-electron chi connectivity index (χ0n) is 11.5. The first-order valence-electron chi connectivity index (χ1n) is 6.34. The maximum Gasteiger partial charge on any atom is 0.272 e. The van der Waals surface area contributed by atoms with Crippen molar-refractivity contribution in [2.75, 3.05) is 6.67 Å². The fourth-order valence-electron chi connectivity index (χ4n) is 2.40. The summed E-state index contributed by atoms with van der Waals surface area (Å²) in [6.45, 7) is -0.273. The highest BCUT2D eigenvalue weighted by atomic mass is 19.2. The van der Waals surface area contributed by atoms with E-state index in [2.05, 4.69) is 5.32 Å². The van der Waals surface area contributed by atoms with Gasteiger partial charge >= 0.3 is 0 Å². The largest absolute Gasteiger partial charge is 0.344 e. The number of piperidine rings is 1. The average molecular weight is 320 g/mol. The second-order valence-corrected chi connectivity index (χ2v) is 5.43. The number of non-ortho nitro benzene ring substituents is 1. The summed E-state index contributed by atoms with van der Waals surface area (Å²) in [6, 6.07) is 1.19. The molecule has 2 atom stereocenters. The standard InChI is InChI=1S/C13H12F4N2O3/c1-12(2-3-13(17,6-14)11(20)18-12)8-4-7(19(21)22)5-9(15)10(8)16/h4-5H,2-3,6H2,1H3,(H,18,20). The first-order chi connectivity index (χ1) is 10.1. The van der Waals surface area contributed by atoms with Gasteiger partial charge in [-0.15, -0.1) is 0 Å². The molecule has 0 radical (unpaired) electrons. The van der Waals surface area contributed by atoms with Crippen molar-refractivity contribution < 1.29 is 27.3 Å². The summed E-state index contributed by atoms with van der Waals surface area (Å²) in [6.07, 6.45) is -0.785. The Kier molecular flexibility index (Phi) is 3.84. The van der Waals surface area contributed by atoms with Crippen LogP contribution >= 0.6 is 0 Å². The maximum absolute atomic E-state index is 14.0. The van der Waals surface area contributed by atoms with E-state index in [1.54, 1.807) is 0 Å². The van der Waals surface area contributed by atoms with Crippen molar-refractivity contribution in [3.8, 4) is 0 Å². The Hall–Kier alpha value is -2.19. The third-order valence-electron chi connectivity index (χ3n) is 3.85. The maximum atomic E-state index is 14.0. The summed E-state index contributed by atoms with van der Waals surface area (Å²) in [5.41, 5.74) is -5.48. The lowest BCUT2D eigenvalue weighted by Gasteiger charge is -2.40. The van der Waals surface area contributed by atoms with Gasteiger partial charge in [-0.05, 0) is 19.8 Å². The van der Waals surface area contributed by atoms with Gasteiger partial charge in [-0.3, -0.25) is 14.9 Å². The van der Waals surface area contributed by atoms with Crippen LogP contribution in [0.3, 0.4) is 0 Å². The Morgan fingerprint density at radius 1 is 1.36 bits per heavy atom. The number of rotatable bonds is 3. The van der Waals surface area contributed by atoms with Crippen molar-refractivity contribution >= 4 is 11.6 Å².